The van der Waals surface area contributed by atoms with E-state index in [9.17, 15) is 9.90 Å². The summed E-state index contributed by atoms with van der Waals surface area (Å²) in [5.74, 6) is 0. The molecule has 1 fully saturated rings. The molecule has 0 spiro atoms. The fraction of sp³-hybridized carbons (Fsp3) is 0.909. The highest BCUT2D eigenvalue weighted by molar-refractivity contribution is 5.58. The Morgan fingerprint density at radius 3 is 2.33 bits per heavy atom. The van der Waals surface area contributed by atoms with Crippen molar-refractivity contribution in [2.24, 2.45) is 10.8 Å². The van der Waals surface area contributed by atoms with Gasteiger partial charge in [-0.25, -0.2) is 0 Å². The lowest BCUT2D eigenvalue weighted by atomic mass is 9.86. The molecule has 1 saturated heterocycles. The van der Waals surface area contributed by atoms with Crippen LogP contribution in [-0.2, 0) is 14.3 Å². The lowest BCUT2D eigenvalue weighted by Crippen LogP contribution is -2.49. The molecular weight excluding hydrogens is 196 g/mol. The van der Waals surface area contributed by atoms with E-state index in [0.717, 1.165) is 12.7 Å². The zero-order valence-corrected chi connectivity index (χ0v) is 9.66. The number of aliphatic hydroxyl groups is 1. The van der Waals surface area contributed by atoms with Crippen LogP contribution in [0.5, 0.6) is 0 Å². The van der Waals surface area contributed by atoms with Crippen LogP contribution in [0.4, 0.5) is 0 Å². The van der Waals surface area contributed by atoms with Gasteiger partial charge in [0.25, 0.3) is 0 Å². The predicted molar refractivity (Wildman–Crippen MR) is 55.3 cm³/mol. The number of aliphatic hydroxyl groups excluding tert-OH is 1. The summed E-state index contributed by atoms with van der Waals surface area (Å²) in [6.45, 7) is 6.50. The Hall–Kier alpha value is -0.450. The summed E-state index contributed by atoms with van der Waals surface area (Å²) in [6, 6.07) is 0. The molecule has 0 amide bonds. The maximum absolute atomic E-state index is 10.8. The van der Waals surface area contributed by atoms with Crippen LogP contribution in [0.1, 0.15) is 27.2 Å². The van der Waals surface area contributed by atoms with E-state index in [1.165, 1.54) is 0 Å². The number of rotatable bonds is 4. The van der Waals surface area contributed by atoms with E-state index >= 15 is 0 Å². The largest absolute Gasteiger partial charge is 0.396 e. The van der Waals surface area contributed by atoms with Gasteiger partial charge in [0, 0.05) is 5.41 Å². The van der Waals surface area contributed by atoms with Crippen LogP contribution in [0.15, 0.2) is 0 Å². The van der Waals surface area contributed by atoms with Gasteiger partial charge in [-0.1, -0.05) is 6.92 Å². The van der Waals surface area contributed by atoms with Crippen LogP contribution >= 0.6 is 0 Å². The maximum Gasteiger partial charge on any atom is 0.169 e. The van der Waals surface area contributed by atoms with Gasteiger partial charge in [0.2, 0.25) is 0 Å². The van der Waals surface area contributed by atoms with E-state index in [0.29, 0.717) is 13.2 Å². The fourth-order valence-corrected chi connectivity index (χ4v) is 1.49. The number of carbonyl (C=O) groups excluding carboxylic acids is 1. The zero-order valence-electron chi connectivity index (χ0n) is 9.66. The molecule has 0 bridgehead atoms. The molecule has 0 saturated carbocycles. The molecule has 0 aromatic carbocycles. The minimum Gasteiger partial charge on any atom is -0.396 e. The second kappa shape index (κ2) is 4.60. The minimum absolute atomic E-state index is 0.0533. The average Bonchev–Trinajstić information content (AvgIpc) is 2.29. The molecule has 0 aromatic heterocycles. The molecule has 0 radical (unpaired) electrons. The van der Waals surface area contributed by atoms with E-state index in [1.807, 2.05) is 6.92 Å². The van der Waals surface area contributed by atoms with Crippen molar-refractivity contribution in [3.63, 3.8) is 0 Å². The monoisotopic (exact) mass is 216 g/mol. The van der Waals surface area contributed by atoms with E-state index in [-0.39, 0.29) is 12.0 Å². The first-order valence-corrected chi connectivity index (χ1v) is 5.30. The quantitative estimate of drug-likeness (QED) is 0.711. The van der Waals surface area contributed by atoms with Gasteiger partial charge in [0.05, 0.1) is 25.2 Å². The van der Waals surface area contributed by atoms with Gasteiger partial charge in [-0.2, -0.15) is 0 Å². The van der Waals surface area contributed by atoms with Gasteiger partial charge in [-0.15, -0.1) is 0 Å². The molecule has 0 unspecified atom stereocenters. The van der Waals surface area contributed by atoms with Crippen LogP contribution in [0.25, 0.3) is 0 Å². The normalized spacial score (nSPS) is 32.7. The standard InChI is InChI=1S/C11H20O4/c1-4-11(6-13)7-14-9(15-8-11)10(2,3)5-12/h5,9,13H,4,6-8H2,1-3H3. The average molecular weight is 216 g/mol. The predicted octanol–water partition coefficient (Wildman–Crippen LogP) is 0.973. The molecule has 0 aliphatic carbocycles. The summed E-state index contributed by atoms with van der Waals surface area (Å²) in [6.07, 6.45) is 1.15. The maximum atomic E-state index is 10.8. The van der Waals surface area contributed by atoms with Crippen LogP contribution in [0.2, 0.25) is 0 Å². The first-order valence-electron chi connectivity index (χ1n) is 5.30. The van der Waals surface area contributed by atoms with Crippen LogP contribution in [-0.4, -0.2) is 37.5 Å². The van der Waals surface area contributed by atoms with E-state index in [1.54, 1.807) is 13.8 Å². The van der Waals surface area contributed by atoms with Gasteiger partial charge in [-0.3, -0.25) is 0 Å². The fourth-order valence-electron chi connectivity index (χ4n) is 1.49. The Bertz CT molecular complexity index is 211. The van der Waals surface area contributed by atoms with Gasteiger partial charge in [-0.05, 0) is 20.3 Å². The van der Waals surface area contributed by atoms with Crippen molar-refractivity contribution in [1.29, 1.82) is 0 Å². The molecule has 1 rings (SSSR count). The molecule has 15 heavy (non-hydrogen) atoms. The highest BCUT2D eigenvalue weighted by Gasteiger charge is 2.41. The van der Waals surface area contributed by atoms with Crippen LogP contribution < -0.4 is 0 Å². The second-order valence-corrected chi connectivity index (χ2v) is 4.90. The third kappa shape index (κ3) is 2.56. The molecule has 4 heteroatoms. The van der Waals surface area contributed by atoms with Crippen LogP contribution in [0.3, 0.4) is 0 Å². The summed E-state index contributed by atoms with van der Waals surface area (Å²) in [4.78, 5) is 10.8. The minimum atomic E-state index is -0.630. The van der Waals surface area contributed by atoms with Crippen molar-refractivity contribution in [2.45, 2.75) is 33.5 Å². The molecule has 0 atom stereocenters. The molecule has 88 valence electrons. The van der Waals surface area contributed by atoms with Crippen molar-refractivity contribution >= 4 is 6.29 Å². The first kappa shape index (κ1) is 12.6. The van der Waals surface area contributed by atoms with Crippen molar-refractivity contribution < 1.29 is 19.4 Å². The van der Waals surface area contributed by atoms with Gasteiger partial charge in [0.15, 0.2) is 6.29 Å². The molecule has 0 aromatic rings. The van der Waals surface area contributed by atoms with Gasteiger partial charge < -0.3 is 19.4 Å². The van der Waals surface area contributed by atoms with E-state index in [4.69, 9.17) is 9.47 Å². The molecule has 1 aliphatic heterocycles. The summed E-state index contributed by atoms with van der Waals surface area (Å²) in [5, 5.41) is 9.26. The Kier molecular flexibility index (Phi) is 3.87. The number of hydrogen-bond acceptors (Lipinski definition) is 4. The Morgan fingerprint density at radius 2 is 2.00 bits per heavy atom. The third-order valence-corrected chi connectivity index (χ3v) is 3.08. The lowest BCUT2D eigenvalue weighted by molar-refractivity contribution is -0.267. The van der Waals surface area contributed by atoms with E-state index in [2.05, 4.69) is 0 Å². The Morgan fingerprint density at radius 1 is 1.47 bits per heavy atom. The first-order chi connectivity index (χ1) is 6.99. The zero-order chi connectivity index (χ0) is 11.5. The Labute approximate surface area is 90.6 Å². The SMILES string of the molecule is CCC1(CO)COC(C(C)(C)C=O)OC1. The molecule has 4 nitrogen and oxygen atoms in total. The van der Waals surface area contributed by atoms with Crippen molar-refractivity contribution in [1.82, 2.24) is 0 Å². The smallest absolute Gasteiger partial charge is 0.169 e. The number of hydrogen-bond donors (Lipinski definition) is 1. The molecular formula is C11H20O4. The molecule has 1 heterocycles. The highest BCUT2D eigenvalue weighted by atomic mass is 16.7. The summed E-state index contributed by atoms with van der Waals surface area (Å²) in [7, 11) is 0. The number of ether oxygens (including phenoxy) is 2. The molecule has 1 N–H and O–H groups in total. The van der Waals surface area contributed by atoms with Crippen LogP contribution in [0, 0.1) is 10.8 Å². The topological polar surface area (TPSA) is 55.8 Å². The summed E-state index contributed by atoms with van der Waals surface area (Å²) >= 11 is 0. The van der Waals surface area contributed by atoms with Crippen molar-refractivity contribution in [2.75, 3.05) is 19.8 Å². The van der Waals surface area contributed by atoms with Crippen molar-refractivity contribution in [3.05, 3.63) is 0 Å². The summed E-state index contributed by atoms with van der Waals surface area (Å²) in [5.41, 5.74) is -0.926. The lowest BCUT2D eigenvalue weighted by Gasteiger charge is -2.41. The van der Waals surface area contributed by atoms with E-state index < -0.39 is 11.7 Å². The van der Waals surface area contributed by atoms with Crippen molar-refractivity contribution in [3.8, 4) is 0 Å². The Balaban J connectivity index is 2.59. The number of carbonyl (C=O) groups is 1. The number of aldehydes is 1. The highest BCUT2D eigenvalue weighted by Crippen LogP contribution is 2.33. The van der Waals surface area contributed by atoms with Gasteiger partial charge in [0.1, 0.15) is 6.29 Å². The second-order valence-electron chi connectivity index (χ2n) is 4.90. The molecule has 1 aliphatic rings. The third-order valence-electron chi connectivity index (χ3n) is 3.08. The van der Waals surface area contributed by atoms with Gasteiger partial charge >= 0.3 is 0 Å². The summed E-state index contributed by atoms with van der Waals surface area (Å²) < 4.78 is 11.0.